The molecule has 1 N–H and O–H groups in total. The molecule has 0 spiro atoms. The number of carbonyl (C=O) groups excluding carboxylic acids is 1. The van der Waals surface area contributed by atoms with Crippen molar-refractivity contribution in [1.82, 2.24) is 5.32 Å². The Morgan fingerprint density at radius 1 is 1.05 bits per heavy atom. The van der Waals surface area contributed by atoms with Crippen LogP contribution in [0.4, 0.5) is 5.69 Å². The fourth-order valence-electron chi connectivity index (χ4n) is 3.87. The van der Waals surface area contributed by atoms with Crippen LogP contribution in [0.15, 0.2) is 6.08 Å². The smallest absolute Gasteiger partial charge is 0.251 e. The number of fused-ring (bicyclic) bond motifs is 1. The first-order valence-corrected chi connectivity index (χ1v) is 7.88. The summed E-state index contributed by atoms with van der Waals surface area (Å²) < 4.78 is 0. The van der Waals surface area contributed by atoms with Gasteiger partial charge in [0.2, 0.25) is 0 Å². The van der Waals surface area contributed by atoms with Crippen LogP contribution in [0.2, 0.25) is 0 Å². The van der Waals surface area contributed by atoms with Crippen molar-refractivity contribution >= 4 is 17.2 Å². The number of carbonyl (C=O) groups is 1. The summed E-state index contributed by atoms with van der Waals surface area (Å²) in [5.41, 5.74) is 8.64. The van der Waals surface area contributed by atoms with Crippen LogP contribution in [0, 0.1) is 20.8 Å². The maximum absolute atomic E-state index is 12.2. The Bertz CT molecular complexity index is 637. The van der Waals surface area contributed by atoms with Crippen LogP contribution in [0.25, 0.3) is 5.57 Å². The van der Waals surface area contributed by atoms with Gasteiger partial charge in [0.15, 0.2) is 0 Å². The number of allylic oxidation sites excluding steroid dienone is 1. The number of amides is 1. The maximum atomic E-state index is 12.2. The molecule has 1 fully saturated rings. The lowest BCUT2D eigenvalue weighted by atomic mass is 9.84. The number of nitrogens with zero attached hydrogens (tertiary/aromatic N) is 1. The summed E-state index contributed by atoms with van der Waals surface area (Å²) in [6.07, 6.45) is 4.49. The van der Waals surface area contributed by atoms with Gasteiger partial charge in [-0.3, -0.25) is 4.79 Å². The summed E-state index contributed by atoms with van der Waals surface area (Å²) in [5, 5.41) is 3.00. The summed E-state index contributed by atoms with van der Waals surface area (Å²) in [6.45, 7) is 11.5. The molecule has 3 rings (SSSR count). The fraction of sp³-hybridized carbons (Fsp3) is 0.500. The van der Waals surface area contributed by atoms with Crippen molar-refractivity contribution in [3.05, 3.63) is 33.9 Å². The Labute approximate surface area is 127 Å². The molecular formula is C18H24N2O. The predicted octanol–water partition coefficient (Wildman–Crippen LogP) is 3.25. The van der Waals surface area contributed by atoms with E-state index in [1.165, 1.54) is 46.3 Å². The highest BCUT2D eigenvalue weighted by atomic mass is 16.1. The molecule has 2 heterocycles. The SMILES string of the molecule is C/C=C1/C(=O)NCc2c(C)c(C)c(N3CCCC3)c(C)c21. The van der Waals surface area contributed by atoms with Gasteiger partial charge in [-0.05, 0) is 68.4 Å². The number of nitrogens with one attached hydrogen (secondary N) is 1. The Morgan fingerprint density at radius 3 is 2.33 bits per heavy atom. The Balaban J connectivity index is 2.27. The summed E-state index contributed by atoms with van der Waals surface area (Å²) in [7, 11) is 0. The Hall–Kier alpha value is -1.77. The zero-order chi connectivity index (χ0) is 15.1. The molecule has 3 nitrogen and oxygen atoms in total. The topological polar surface area (TPSA) is 32.3 Å². The van der Waals surface area contributed by atoms with E-state index >= 15 is 0 Å². The van der Waals surface area contributed by atoms with Crippen LogP contribution >= 0.6 is 0 Å². The normalized spacial score (nSPS) is 19.9. The minimum Gasteiger partial charge on any atom is -0.371 e. The van der Waals surface area contributed by atoms with Gasteiger partial charge in [0.25, 0.3) is 5.91 Å². The fourth-order valence-corrected chi connectivity index (χ4v) is 3.87. The molecule has 2 aliphatic heterocycles. The zero-order valence-electron chi connectivity index (χ0n) is 13.5. The van der Waals surface area contributed by atoms with Crippen molar-refractivity contribution < 1.29 is 4.79 Å². The molecular weight excluding hydrogens is 260 g/mol. The first kappa shape index (κ1) is 14.2. The third kappa shape index (κ3) is 2.06. The van der Waals surface area contributed by atoms with Crippen LogP contribution in [-0.2, 0) is 11.3 Å². The number of hydrogen-bond acceptors (Lipinski definition) is 2. The van der Waals surface area contributed by atoms with E-state index in [1.54, 1.807) is 0 Å². The molecule has 1 saturated heterocycles. The molecule has 1 aromatic carbocycles. The highest BCUT2D eigenvalue weighted by Gasteiger charge is 2.29. The minimum atomic E-state index is 0.0590. The van der Waals surface area contributed by atoms with E-state index in [4.69, 9.17) is 0 Å². The third-order valence-corrected chi connectivity index (χ3v) is 5.05. The molecule has 2 aliphatic rings. The van der Waals surface area contributed by atoms with Crippen molar-refractivity contribution in [2.24, 2.45) is 0 Å². The Kier molecular flexibility index (Phi) is 3.52. The van der Waals surface area contributed by atoms with E-state index in [0.717, 1.165) is 18.7 Å². The lowest BCUT2D eigenvalue weighted by Gasteiger charge is -2.31. The van der Waals surface area contributed by atoms with Crippen molar-refractivity contribution in [2.45, 2.75) is 47.1 Å². The molecule has 0 aliphatic carbocycles. The minimum absolute atomic E-state index is 0.0590. The van der Waals surface area contributed by atoms with Gasteiger partial charge in [-0.15, -0.1) is 0 Å². The Morgan fingerprint density at radius 2 is 1.71 bits per heavy atom. The molecule has 112 valence electrons. The van der Waals surface area contributed by atoms with E-state index in [1.807, 2.05) is 13.0 Å². The highest BCUT2D eigenvalue weighted by molar-refractivity contribution is 6.21. The van der Waals surface area contributed by atoms with Crippen LogP contribution < -0.4 is 10.2 Å². The lowest BCUT2D eigenvalue weighted by Crippen LogP contribution is -2.32. The zero-order valence-corrected chi connectivity index (χ0v) is 13.5. The number of benzene rings is 1. The molecule has 21 heavy (non-hydrogen) atoms. The second-order valence-corrected chi connectivity index (χ2v) is 6.16. The first-order chi connectivity index (χ1) is 10.1. The van der Waals surface area contributed by atoms with Gasteiger partial charge in [-0.25, -0.2) is 0 Å². The summed E-state index contributed by atoms with van der Waals surface area (Å²) >= 11 is 0. The van der Waals surface area contributed by atoms with Crippen LogP contribution in [0.5, 0.6) is 0 Å². The first-order valence-electron chi connectivity index (χ1n) is 7.88. The van der Waals surface area contributed by atoms with Crippen LogP contribution in [0.1, 0.15) is 47.6 Å². The second kappa shape index (κ2) is 5.21. The lowest BCUT2D eigenvalue weighted by molar-refractivity contribution is -0.116. The van der Waals surface area contributed by atoms with Crippen molar-refractivity contribution in [1.29, 1.82) is 0 Å². The quantitative estimate of drug-likeness (QED) is 0.803. The van der Waals surface area contributed by atoms with E-state index in [0.29, 0.717) is 6.54 Å². The van der Waals surface area contributed by atoms with Gasteiger partial charge in [0, 0.05) is 30.9 Å². The summed E-state index contributed by atoms with van der Waals surface area (Å²) in [6, 6.07) is 0. The van der Waals surface area contributed by atoms with Crippen LogP contribution in [0.3, 0.4) is 0 Å². The van der Waals surface area contributed by atoms with Gasteiger partial charge < -0.3 is 10.2 Å². The van der Waals surface area contributed by atoms with Crippen molar-refractivity contribution in [3.63, 3.8) is 0 Å². The average Bonchev–Trinajstić information content (AvgIpc) is 2.98. The van der Waals surface area contributed by atoms with E-state index in [-0.39, 0.29) is 5.91 Å². The van der Waals surface area contributed by atoms with Gasteiger partial charge in [0.1, 0.15) is 0 Å². The monoisotopic (exact) mass is 284 g/mol. The molecule has 1 aromatic rings. The predicted molar refractivity (Wildman–Crippen MR) is 87.6 cm³/mol. The molecule has 1 amide bonds. The van der Waals surface area contributed by atoms with Crippen LogP contribution in [-0.4, -0.2) is 19.0 Å². The number of rotatable bonds is 1. The summed E-state index contributed by atoms with van der Waals surface area (Å²) in [4.78, 5) is 14.7. The molecule has 0 saturated carbocycles. The largest absolute Gasteiger partial charge is 0.371 e. The van der Waals surface area contributed by atoms with Gasteiger partial charge in [-0.1, -0.05) is 6.08 Å². The second-order valence-electron chi connectivity index (χ2n) is 6.16. The number of hydrogen-bond donors (Lipinski definition) is 1. The average molecular weight is 284 g/mol. The molecule has 0 radical (unpaired) electrons. The summed E-state index contributed by atoms with van der Waals surface area (Å²) in [5.74, 6) is 0.0590. The van der Waals surface area contributed by atoms with E-state index in [2.05, 4.69) is 31.0 Å². The maximum Gasteiger partial charge on any atom is 0.251 e. The van der Waals surface area contributed by atoms with Crippen molar-refractivity contribution in [2.75, 3.05) is 18.0 Å². The van der Waals surface area contributed by atoms with E-state index < -0.39 is 0 Å². The third-order valence-electron chi connectivity index (χ3n) is 5.05. The molecule has 3 heteroatoms. The molecule has 0 unspecified atom stereocenters. The molecule has 0 atom stereocenters. The highest BCUT2D eigenvalue weighted by Crippen LogP contribution is 2.39. The van der Waals surface area contributed by atoms with Gasteiger partial charge in [-0.2, -0.15) is 0 Å². The number of anilines is 1. The van der Waals surface area contributed by atoms with Crippen molar-refractivity contribution in [3.8, 4) is 0 Å². The van der Waals surface area contributed by atoms with Gasteiger partial charge in [0.05, 0.1) is 0 Å². The molecule has 0 aromatic heterocycles. The molecule has 0 bridgehead atoms. The standard InChI is InChI=1S/C18H24N2O/c1-5-14-16-13(4)17(20-8-6-7-9-20)12(3)11(2)15(16)10-19-18(14)21/h5H,6-10H2,1-4H3,(H,19,21)/b14-5+. The van der Waals surface area contributed by atoms with Gasteiger partial charge >= 0.3 is 0 Å². The van der Waals surface area contributed by atoms with E-state index in [9.17, 15) is 4.79 Å².